The molecular formula is C19H10F6N2O4. The number of anilines is 1. The van der Waals surface area contributed by atoms with Crippen molar-refractivity contribution in [2.45, 2.75) is 12.4 Å². The minimum Gasteiger partial charge on any atom is -0.508 e. The number of phenolic OH excluding ortho intramolecular Hbond substituents is 1. The van der Waals surface area contributed by atoms with Gasteiger partial charge in [0.05, 0.1) is 16.7 Å². The average molecular weight is 444 g/mol. The normalized spacial score (nSPS) is 12.2. The van der Waals surface area contributed by atoms with E-state index in [9.17, 15) is 41.0 Å². The first-order valence-electron chi connectivity index (χ1n) is 8.01. The zero-order valence-corrected chi connectivity index (χ0v) is 15.0. The van der Waals surface area contributed by atoms with Crippen molar-refractivity contribution in [3.8, 4) is 11.8 Å². The summed E-state index contributed by atoms with van der Waals surface area (Å²) in [6.45, 7) is 0. The summed E-state index contributed by atoms with van der Waals surface area (Å²) in [5.41, 5.74) is -5.70. The van der Waals surface area contributed by atoms with E-state index in [2.05, 4.69) is 0 Å². The lowest BCUT2D eigenvalue weighted by Gasteiger charge is -2.15. The Morgan fingerprint density at radius 3 is 1.97 bits per heavy atom. The van der Waals surface area contributed by atoms with Gasteiger partial charge in [-0.25, -0.2) is 4.79 Å². The van der Waals surface area contributed by atoms with Crippen LogP contribution in [0.4, 0.5) is 32.0 Å². The summed E-state index contributed by atoms with van der Waals surface area (Å²) in [7, 11) is 0. The number of hydrogen-bond acceptors (Lipinski definition) is 4. The molecule has 0 aliphatic rings. The van der Waals surface area contributed by atoms with Crippen LogP contribution in [-0.4, -0.2) is 22.1 Å². The number of nitrogens with zero attached hydrogens (tertiary/aromatic N) is 1. The number of phenols is 1. The van der Waals surface area contributed by atoms with Gasteiger partial charge in [0, 0.05) is 5.69 Å². The van der Waals surface area contributed by atoms with Crippen LogP contribution < -0.4 is 5.32 Å². The molecule has 31 heavy (non-hydrogen) atoms. The average Bonchev–Trinajstić information content (AvgIpc) is 2.65. The summed E-state index contributed by atoms with van der Waals surface area (Å²) in [5.74, 6) is -3.40. The quantitative estimate of drug-likeness (QED) is 0.361. The van der Waals surface area contributed by atoms with E-state index < -0.39 is 57.9 Å². The van der Waals surface area contributed by atoms with Gasteiger partial charge in [-0.1, -0.05) is 6.07 Å². The molecule has 0 spiro atoms. The Bertz CT molecular complexity index is 1080. The number of nitriles is 1. The van der Waals surface area contributed by atoms with E-state index in [-0.39, 0.29) is 23.8 Å². The molecule has 2 rings (SSSR count). The lowest BCUT2D eigenvalue weighted by Crippen LogP contribution is -2.16. The van der Waals surface area contributed by atoms with Gasteiger partial charge >= 0.3 is 18.3 Å². The molecule has 1 amide bonds. The molecule has 0 atom stereocenters. The maximum absolute atomic E-state index is 13.0. The Balaban J connectivity index is 2.55. The molecule has 0 bridgehead atoms. The number of carbonyl (C=O) groups excluding carboxylic acids is 1. The molecule has 0 saturated heterocycles. The van der Waals surface area contributed by atoms with Gasteiger partial charge in [0.15, 0.2) is 0 Å². The Labute approximate surface area is 169 Å². The molecule has 0 saturated carbocycles. The number of halogens is 6. The number of carboxylic acids is 1. The zero-order chi connectivity index (χ0) is 23.6. The van der Waals surface area contributed by atoms with Crippen molar-refractivity contribution in [3.05, 3.63) is 64.2 Å². The van der Waals surface area contributed by atoms with Crippen LogP contribution in [0.25, 0.3) is 6.08 Å². The highest BCUT2D eigenvalue weighted by Crippen LogP contribution is 2.37. The number of alkyl halides is 6. The van der Waals surface area contributed by atoms with Crippen LogP contribution in [0.5, 0.6) is 5.75 Å². The second-order valence-corrected chi connectivity index (χ2v) is 6.00. The number of nitrogens with one attached hydrogen (secondary N) is 1. The lowest BCUT2D eigenvalue weighted by atomic mass is 10.0. The summed E-state index contributed by atoms with van der Waals surface area (Å²) in [5, 5.41) is 29.2. The van der Waals surface area contributed by atoms with Gasteiger partial charge in [0.25, 0.3) is 5.91 Å². The Morgan fingerprint density at radius 1 is 0.968 bits per heavy atom. The fourth-order valence-electron chi connectivity index (χ4n) is 2.39. The van der Waals surface area contributed by atoms with E-state index >= 15 is 0 Å². The van der Waals surface area contributed by atoms with E-state index in [0.717, 1.165) is 24.3 Å². The molecule has 0 aromatic heterocycles. The highest BCUT2D eigenvalue weighted by molar-refractivity contribution is 6.08. The Kier molecular flexibility index (Phi) is 6.30. The molecule has 12 heteroatoms. The molecule has 2 aromatic carbocycles. The number of hydrogen-bond donors (Lipinski definition) is 3. The number of benzene rings is 2. The van der Waals surface area contributed by atoms with E-state index in [1.807, 2.05) is 5.32 Å². The van der Waals surface area contributed by atoms with Crippen molar-refractivity contribution >= 4 is 23.6 Å². The monoisotopic (exact) mass is 444 g/mol. The van der Waals surface area contributed by atoms with Crippen molar-refractivity contribution < 1.29 is 46.1 Å². The third-order valence-corrected chi connectivity index (χ3v) is 3.78. The first-order chi connectivity index (χ1) is 14.2. The standard InChI is InChI=1S/C19H10F6N2O4/c20-18(21,22)11-4-12(19(23,24)25)6-13(5-11)27-16(29)15-7-14(28)2-1-9(15)3-10(8-26)17(30)31/h1-7,28H,(H,27,29)(H,30,31)/b10-3+. The molecule has 0 fully saturated rings. The lowest BCUT2D eigenvalue weighted by molar-refractivity contribution is -0.143. The first kappa shape index (κ1) is 23.3. The number of rotatable bonds is 4. The predicted octanol–water partition coefficient (Wildman–Crippen LogP) is 4.67. The third kappa shape index (κ3) is 5.75. The third-order valence-electron chi connectivity index (χ3n) is 3.78. The number of amides is 1. The van der Waals surface area contributed by atoms with Crippen LogP contribution in [0.3, 0.4) is 0 Å². The molecule has 6 nitrogen and oxygen atoms in total. The second kappa shape index (κ2) is 8.39. The molecule has 3 N–H and O–H groups in total. The molecule has 0 aliphatic carbocycles. The molecule has 0 heterocycles. The number of aromatic hydroxyl groups is 1. The van der Waals surface area contributed by atoms with Crippen LogP contribution in [0.1, 0.15) is 27.0 Å². The van der Waals surface area contributed by atoms with E-state index in [1.165, 1.54) is 6.07 Å². The molecule has 0 aliphatic heterocycles. The zero-order valence-electron chi connectivity index (χ0n) is 15.0. The van der Waals surface area contributed by atoms with Crippen LogP contribution in [0, 0.1) is 11.3 Å². The van der Waals surface area contributed by atoms with E-state index in [4.69, 9.17) is 10.4 Å². The molecule has 0 unspecified atom stereocenters. The predicted molar refractivity (Wildman–Crippen MR) is 93.7 cm³/mol. The van der Waals surface area contributed by atoms with Crippen LogP contribution >= 0.6 is 0 Å². The Hall–Kier alpha value is -4.01. The number of aliphatic carboxylic acids is 1. The molecule has 162 valence electrons. The maximum Gasteiger partial charge on any atom is 0.416 e. The van der Waals surface area contributed by atoms with Gasteiger partial charge < -0.3 is 15.5 Å². The van der Waals surface area contributed by atoms with Gasteiger partial charge in [-0.2, -0.15) is 31.6 Å². The first-order valence-corrected chi connectivity index (χ1v) is 8.01. The van der Waals surface area contributed by atoms with Crippen LogP contribution in [0.15, 0.2) is 42.0 Å². The Morgan fingerprint density at radius 2 is 1.52 bits per heavy atom. The highest BCUT2D eigenvalue weighted by Gasteiger charge is 2.37. The summed E-state index contributed by atoms with van der Waals surface area (Å²) < 4.78 is 77.8. The SMILES string of the molecule is N#C/C(=C\c1ccc(O)cc1C(=O)Nc1cc(C(F)(F)F)cc(C(F)(F)F)c1)C(=O)O. The number of carbonyl (C=O) groups is 2. The maximum atomic E-state index is 13.0. The summed E-state index contributed by atoms with van der Waals surface area (Å²) >= 11 is 0. The largest absolute Gasteiger partial charge is 0.508 e. The van der Waals surface area contributed by atoms with Crippen LogP contribution in [-0.2, 0) is 17.1 Å². The molecule has 2 aromatic rings. The minimum absolute atomic E-state index is 0.121. The summed E-state index contributed by atoms with van der Waals surface area (Å²) in [6.07, 6.45) is -9.52. The smallest absolute Gasteiger partial charge is 0.416 e. The fourth-order valence-corrected chi connectivity index (χ4v) is 2.39. The van der Waals surface area contributed by atoms with Gasteiger partial charge in [-0.05, 0) is 42.0 Å². The second-order valence-electron chi connectivity index (χ2n) is 6.00. The van der Waals surface area contributed by atoms with Crippen molar-refractivity contribution in [2.75, 3.05) is 5.32 Å². The molecular weight excluding hydrogens is 434 g/mol. The van der Waals surface area contributed by atoms with Crippen molar-refractivity contribution in [1.29, 1.82) is 5.26 Å². The highest BCUT2D eigenvalue weighted by atomic mass is 19.4. The van der Waals surface area contributed by atoms with Crippen molar-refractivity contribution in [1.82, 2.24) is 0 Å². The van der Waals surface area contributed by atoms with Gasteiger partial charge in [0.2, 0.25) is 0 Å². The van der Waals surface area contributed by atoms with Gasteiger partial charge in [-0.3, -0.25) is 4.79 Å². The minimum atomic E-state index is -5.14. The topological polar surface area (TPSA) is 110 Å². The fraction of sp³-hybridized carbons (Fsp3) is 0.105. The van der Waals surface area contributed by atoms with Crippen molar-refractivity contribution in [2.24, 2.45) is 0 Å². The van der Waals surface area contributed by atoms with Crippen molar-refractivity contribution in [3.63, 3.8) is 0 Å². The summed E-state index contributed by atoms with van der Waals surface area (Å²) in [6, 6.07) is 4.66. The van der Waals surface area contributed by atoms with E-state index in [1.54, 1.807) is 0 Å². The summed E-state index contributed by atoms with van der Waals surface area (Å²) in [4.78, 5) is 23.5. The van der Waals surface area contributed by atoms with E-state index in [0.29, 0.717) is 0 Å². The molecule has 0 radical (unpaired) electrons. The van der Waals surface area contributed by atoms with Gasteiger partial charge in [0.1, 0.15) is 17.4 Å². The van der Waals surface area contributed by atoms with Gasteiger partial charge in [-0.15, -0.1) is 0 Å². The van der Waals surface area contributed by atoms with Crippen LogP contribution in [0.2, 0.25) is 0 Å². The number of carboxylic acid groups (broad SMARTS) is 1.